The molecule has 0 saturated carbocycles. The Kier molecular flexibility index (Phi) is 5.60. The third-order valence-corrected chi connectivity index (χ3v) is 3.21. The molecule has 1 aromatic rings. The maximum absolute atomic E-state index is 8.98. The number of aliphatic hydroxyl groups excluding tert-OH is 1. The van der Waals surface area contributed by atoms with Gasteiger partial charge in [0.25, 0.3) is 0 Å². The molecule has 110 valence electrons. The third-order valence-electron chi connectivity index (χ3n) is 2.84. The molecule has 0 fully saturated rings. The van der Waals surface area contributed by atoms with Crippen LogP contribution < -0.4 is 11.5 Å². The summed E-state index contributed by atoms with van der Waals surface area (Å²) in [7, 11) is 0. The average molecular weight is 296 g/mol. The predicted octanol–water partition coefficient (Wildman–Crippen LogP) is 2.75. The molecule has 20 heavy (non-hydrogen) atoms. The van der Waals surface area contributed by atoms with Crippen LogP contribution in [0.3, 0.4) is 0 Å². The summed E-state index contributed by atoms with van der Waals surface area (Å²) in [5, 5.41) is 9.59. The first-order chi connectivity index (χ1) is 9.24. The molecule has 5 heteroatoms. The quantitative estimate of drug-likeness (QED) is 0.590. The van der Waals surface area contributed by atoms with Crippen molar-refractivity contribution in [3.63, 3.8) is 0 Å². The lowest BCUT2D eigenvalue weighted by Gasteiger charge is -2.18. The van der Waals surface area contributed by atoms with E-state index in [0.717, 1.165) is 5.56 Å². The van der Waals surface area contributed by atoms with Gasteiger partial charge in [-0.05, 0) is 36.3 Å². The Morgan fingerprint density at radius 3 is 2.55 bits per heavy atom. The molecule has 4 nitrogen and oxygen atoms in total. The van der Waals surface area contributed by atoms with Gasteiger partial charge < -0.3 is 16.6 Å². The zero-order valence-electron chi connectivity index (χ0n) is 12.2. The number of nitrogens with zero attached hydrogens (tertiary/aromatic N) is 1. The minimum atomic E-state index is -0.151. The molecule has 0 heterocycles. The first-order valence-corrected chi connectivity index (χ1v) is 6.83. The van der Waals surface area contributed by atoms with Gasteiger partial charge in [-0.15, -0.1) is 0 Å². The summed E-state index contributed by atoms with van der Waals surface area (Å²) in [5.74, 6) is 0.342. The number of amidine groups is 1. The van der Waals surface area contributed by atoms with Gasteiger partial charge in [0.1, 0.15) is 5.84 Å². The van der Waals surface area contributed by atoms with Gasteiger partial charge in [-0.1, -0.05) is 32.4 Å². The van der Waals surface area contributed by atoms with Gasteiger partial charge in [0.2, 0.25) is 0 Å². The lowest BCUT2D eigenvalue weighted by Crippen LogP contribution is -2.20. The first-order valence-electron chi connectivity index (χ1n) is 6.45. The van der Waals surface area contributed by atoms with Crippen LogP contribution in [-0.4, -0.2) is 17.5 Å². The fourth-order valence-corrected chi connectivity index (χ4v) is 1.71. The summed E-state index contributed by atoms with van der Waals surface area (Å²) in [5.41, 5.74) is 13.9. The predicted molar refractivity (Wildman–Crippen MR) is 85.2 cm³/mol. The first kappa shape index (κ1) is 16.5. The Labute approximate surface area is 125 Å². The summed E-state index contributed by atoms with van der Waals surface area (Å²) in [6.45, 7) is 6.06. The molecule has 0 amide bonds. The second-order valence-electron chi connectivity index (χ2n) is 5.64. The number of aliphatic hydroxyl groups is 1. The van der Waals surface area contributed by atoms with E-state index in [1.54, 1.807) is 18.2 Å². The molecule has 0 spiro atoms. The van der Waals surface area contributed by atoms with Crippen LogP contribution in [0.1, 0.15) is 26.3 Å². The van der Waals surface area contributed by atoms with Crippen molar-refractivity contribution in [2.45, 2.75) is 27.2 Å². The standard InChI is InChI=1S/C15H22ClN3O/c1-15(2,3)13(17)9-14(18)19-11-4-5-12(16)10(8-11)6-7-20/h4-5,8-9,20H,6-7,17H2,1-3H3,(H2,18,19). The van der Waals surface area contributed by atoms with E-state index in [2.05, 4.69) is 4.99 Å². The number of nitrogens with two attached hydrogens (primary N) is 2. The topological polar surface area (TPSA) is 84.6 Å². The number of hydrogen-bond acceptors (Lipinski definition) is 3. The maximum Gasteiger partial charge on any atom is 0.125 e. The fourth-order valence-electron chi connectivity index (χ4n) is 1.50. The molecule has 0 radical (unpaired) electrons. The highest BCUT2D eigenvalue weighted by atomic mass is 35.5. The normalized spacial score (nSPS) is 13.7. The number of rotatable bonds is 4. The van der Waals surface area contributed by atoms with Crippen LogP contribution in [0.2, 0.25) is 5.02 Å². The number of allylic oxidation sites excluding steroid dienone is 1. The van der Waals surface area contributed by atoms with E-state index in [1.807, 2.05) is 26.8 Å². The Hall–Kier alpha value is -1.52. The van der Waals surface area contributed by atoms with Crippen LogP contribution in [0, 0.1) is 5.41 Å². The molecule has 5 N–H and O–H groups in total. The highest BCUT2D eigenvalue weighted by Crippen LogP contribution is 2.24. The van der Waals surface area contributed by atoms with Crippen LogP contribution in [-0.2, 0) is 6.42 Å². The van der Waals surface area contributed by atoms with Crippen LogP contribution in [0.4, 0.5) is 5.69 Å². The molecular weight excluding hydrogens is 274 g/mol. The van der Waals surface area contributed by atoms with Gasteiger partial charge in [-0.2, -0.15) is 0 Å². The van der Waals surface area contributed by atoms with Gasteiger partial charge in [0.05, 0.1) is 5.69 Å². The molecule has 0 unspecified atom stereocenters. The Morgan fingerprint density at radius 2 is 2.00 bits per heavy atom. The molecule has 0 aliphatic heterocycles. The second kappa shape index (κ2) is 6.77. The Morgan fingerprint density at radius 1 is 1.35 bits per heavy atom. The van der Waals surface area contributed by atoms with Crippen molar-refractivity contribution in [2.24, 2.45) is 21.9 Å². The summed E-state index contributed by atoms with van der Waals surface area (Å²) in [6.07, 6.45) is 2.16. The van der Waals surface area contributed by atoms with Crippen molar-refractivity contribution < 1.29 is 5.11 Å². The summed E-state index contributed by atoms with van der Waals surface area (Å²) < 4.78 is 0. The van der Waals surface area contributed by atoms with E-state index in [4.69, 9.17) is 28.2 Å². The highest BCUT2D eigenvalue weighted by Gasteiger charge is 2.13. The van der Waals surface area contributed by atoms with Crippen molar-refractivity contribution in [3.05, 3.63) is 40.6 Å². The van der Waals surface area contributed by atoms with Gasteiger partial charge in [-0.3, -0.25) is 0 Å². The molecular formula is C15H22ClN3O. The van der Waals surface area contributed by atoms with E-state index in [-0.39, 0.29) is 12.0 Å². The smallest absolute Gasteiger partial charge is 0.125 e. The summed E-state index contributed by atoms with van der Waals surface area (Å²) in [6, 6.07) is 5.33. The lowest BCUT2D eigenvalue weighted by atomic mass is 9.92. The van der Waals surface area contributed by atoms with Crippen molar-refractivity contribution in [2.75, 3.05) is 6.61 Å². The lowest BCUT2D eigenvalue weighted by molar-refractivity contribution is 0.299. The van der Waals surface area contributed by atoms with E-state index in [9.17, 15) is 0 Å². The Balaban J connectivity index is 3.02. The molecule has 0 saturated heterocycles. The third kappa shape index (κ3) is 4.87. The minimum Gasteiger partial charge on any atom is -0.401 e. The summed E-state index contributed by atoms with van der Waals surface area (Å²) in [4.78, 5) is 4.29. The fraction of sp³-hybridized carbons (Fsp3) is 0.400. The highest BCUT2D eigenvalue weighted by molar-refractivity contribution is 6.31. The molecule has 0 aliphatic carbocycles. The molecule has 0 aromatic heterocycles. The minimum absolute atomic E-state index is 0.0409. The SMILES string of the molecule is CC(C)(C)C(N)=CC(N)=Nc1ccc(Cl)c(CCO)c1. The molecule has 0 atom stereocenters. The zero-order chi connectivity index (χ0) is 15.3. The average Bonchev–Trinajstić information content (AvgIpc) is 2.32. The number of halogens is 1. The summed E-state index contributed by atoms with van der Waals surface area (Å²) >= 11 is 6.03. The van der Waals surface area contributed by atoms with Crippen molar-refractivity contribution in [1.82, 2.24) is 0 Å². The number of benzene rings is 1. The number of aliphatic imine (C=N–C) groups is 1. The van der Waals surface area contributed by atoms with Crippen molar-refractivity contribution >= 4 is 23.1 Å². The van der Waals surface area contributed by atoms with E-state index in [1.165, 1.54) is 0 Å². The molecule has 1 rings (SSSR count). The maximum atomic E-state index is 8.98. The van der Waals surface area contributed by atoms with E-state index in [0.29, 0.717) is 28.7 Å². The zero-order valence-corrected chi connectivity index (χ0v) is 12.9. The van der Waals surface area contributed by atoms with Gasteiger partial charge in [-0.25, -0.2) is 4.99 Å². The van der Waals surface area contributed by atoms with Crippen LogP contribution >= 0.6 is 11.6 Å². The molecule has 1 aromatic carbocycles. The molecule has 0 aliphatic rings. The molecule has 0 bridgehead atoms. The van der Waals surface area contributed by atoms with Crippen molar-refractivity contribution in [3.8, 4) is 0 Å². The van der Waals surface area contributed by atoms with Gasteiger partial charge >= 0.3 is 0 Å². The monoisotopic (exact) mass is 295 g/mol. The second-order valence-corrected chi connectivity index (χ2v) is 6.04. The van der Waals surface area contributed by atoms with E-state index < -0.39 is 0 Å². The Bertz CT molecular complexity index is 530. The van der Waals surface area contributed by atoms with Crippen LogP contribution in [0.25, 0.3) is 0 Å². The van der Waals surface area contributed by atoms with Gasteiger partial charge in [0, 0.05) is 22.7 Å². The van der Waals surface area contributed by atoms with Gasteiger partial charge in [0.15, 0.2) is 0 Å². The van der Waals surface area contributed by atoms with Crippen molar-refractivity contribution in [1.29, 1.82) is 0 Å². The van der Waals surface area contributed by atoms with Crippen LogP contribution in [0.5, 0.6) is 0 Å². The number of hydrogen-bond donors (Lipinski definition) is 3. The largest absolute Gasteiger partial charge is 0.401 e. The van der Waals surface area contributed by atoms with Crippen LogP contribution in [0.15, 0.2) is 35.0 Å². The van der Waals surface area contributed by atoms with E-state index >= 15 is 0 Å².